The molecule has 0 unspecified atom stereocenters. The van der Waals surface area contributed by atoms with Gasteiger partial charge in [-0.05, 0) is 66.7 Å². The fourth-order valence-corrected chi connectivity index (χ4v) is 4.32. The minimum atomic E-state index is -4.01. The molecule has 0 radical (unpaired) electrons. The van der Waals surface area contributed by atoms with E-state index >= 15 is 0 Å². The first kappa shape index (κ1) is 22.7. The number of primary sulfonamides is 1. The lowest BCUT2D eigenvalue weighted by atomic mass is 10.2. The molecule has 3 rings (SSSR count). The highest BCUT2D eigenvalue weighted by Crippen LogP contribution is 2.22. The van der Waals surface area contributed by atoms with Gasteiger partial charge in [0.05, 0.1) is 14.8 Å². The molecule has 0 spiro atoms. The van der Waals surface area contributed by atoms with Crippen molar-refractivity contribution in [1.29, 1.82) is 0 Å². The van der Waals surface area contributed by atoms with Crippen LogP contribution in [0.15, 0.2) is 76.5 Å². The van der Waals surface area contributed by atoms with Crippen LogP contribution in [0.2, 0.25) is 5.02 Å². The zero-order valence-electron chi connectivity index (χ0n) is 15.5. The van der Waals surface area contributed by atoms with E-state index in [1.54, 1.807) is 0 Å². The van der Waals surface area contributed by atoms with Crippen molar-refractivity contribution in [3.8, 4) is 0 Å². The van der Waals surface area contributed by atoms with E-state index < -0.39 is 31.8 Å². The van der Waals surface area contributed by atoms with Crippen molar-refractivity contribution in [2.75, 3.05) is 10.0 Å². The van der Waals surface area contributed by atoms with E-state index in [-0.39, 0.29) is 26.1 Å². The van der Waals surface area contributed by atoms with Crippen molar-refractivity contribution in [2.24, 2.45) is 5.14 Å². The predicted molar refractivity (Wildman–Crippen MR) is 114 cm³/mol. The predicted octanol–water partition coefficient (Wildman–Crippen LogP) is 3.18. The normalized spacial score (nSPS) is 11.7. The Morgan fingerprint density at radius 1 is 0.839 bits per heavy atom. The molecule has 0 aliphatic carbocycles. The molecule has 0 bridgehead atoms. The molecule has 0 heterocycles. The summed E-state index contributed by atoms with van der Waals surface area (Å²) >= 11 is 5.63. The Labute approximate surface area is 183 Å². The number of benzene rings is 3. The molecular weight excluding hydrogens is 469 g/mol. The summed E-state index contributed by atoms with van der Waals surface area (Å²) in [6, 6.07) is 13.8. The Balaban J connectivity index is 1.70. The van der Waals surface area contributed by atoms with Gasteiger partial charge < -0.3 is 5.32 Å². The van der Waals surface area contributed by atoms with Crippen molar-refractivity contribution in [2.45, 2.75) is 9.79 Å². The lowest BCUT2D eigenvalue weighted by molar-refractivity contribution is 0.102. The Kier molecular flexibility index (Phi) is 6.32. The summed E-state index contributed by atoms with van der Waals surface area (Å²) in [5.74, 6) is -1.24. The van der Waals surface area contributed by atoms with E-state index in [0.717, 1.165) is 18.2 Å². The Hall–Kier alpha value is -2.99. The van der Waals surface area contributed by atoms with E-state index in [9.17, 15) is 26.0 Å². The molecule has 3 aromatic carbocycles. The maximum Gasteiger partial charge on any atom is 0.261 e. The quantitative estimate of drug-likeness (QED) is 0.494. The largest absolute Gasteiger partial charge is 0.322 e. The number of halogens is 2. The van der Waals surface area contributed by atoms with Crippen LogP contribution in [0.3, 0.4) is 0 Å². The first-order valence-electron chi connectivity index (χ1n) is 8.48. The standard InChI is InChI=1S/C19H15ClFN3O5S2/c20-17-11-16(9-10-18(17)21)31(28,29)24-14-3-1-12(2-4-14)19(25)23-13-5-7-15(8-6-13)30(22,26)27/h1-11,24H,(H,23,25)(H2,22,26,27). The van der Waals surface area contributed by atoms with Gasteiger partial charge in [0.15, 0.2) is 0 Å². The first-order chi connectivity index (χ1) is 14.5. The smallest absolute Gasteiger partial charge is 0.261 e. The van der Waals surface area contributed by atoms with Gasteiger partial charge in [0, 0.05) is 16.9 Å². The summed E-state index contributed by atoms with van der Waals surface area (Å²) in [4.78, 5) is 12.0. The van der Waals surface area contributed by atoms with Gasteiger partial charge in [-0.15, -0.1) is 0 Å². The van der Waals surface area contributed by atoms with Crippen molar-refractivity contribution < 1.29 is 26.0 Å². The Morgan fingerprint density at radius 3 is 1.94 bits per heavy atom. The molecule has 0 saturated carbocycles. The third-order valence-electron chi connectivity index (χ3n) is 4.04. The number of hydrogen-bond acceptors (Lipinski definition) is 5. The third kappa shape index (κ3) is 5.58. The molecule has 4 N–H and O–H groups in total. The van der Waals surface area contributed by atoms with Gasteiger partial charge in [-0.25, -0.2) is 26.4 Å². The van der Waals surface area contributed by atoms with Crippen LogP contribution in [0.4, 0.5) is 15.8 Å². The van der Waals surface area contributed by atoms with Crippen LogP contribution in [0.1, 0.15) is 10.4 Å². The molecule has 0 aromatic heterocycles. The van der Waals surface area contributed by atoms with E-state index in [2.05, 4.69) is 10.0 Å². The summed E-state index contributed by atoms with van der Waals surface area (Å²) in [5.41, 5.74) is 0.744. The number of rotatable bonds is 6. The van der Waals surface area contributed by atoms with Crippen LogP contribution in [-0.2, 0) is 20.0 Å². The van der Waals surface area contributed by atoms with E-state index in [0.29, 0.717) is 5.69 Å². The number of carbonyl (C=O) groups is 1. The molecule has 12 heteroatoms. The SMILES string of the molecule is NS(=O)(=O)c1ccc(NC(=O)c2ccc(NS(=O)(=O)c3ccc(F)c(Cl)c3)cc2)cc1. The van der Waals surface area contributed by atoms with Gasteiger partial charge >= 0.3 is 0 Å². The highest BCUT2D eigenvalue weighted by Gasteiger charge is 2.16. The Bertz CT molecular complexity index is 1340. The van der Waals surface area contributed by atoms with Crippen LogP contribution in [0, 0.1) is 5.82 Å². The zero-order chi connectivity index (χ0) is 22.8. The van der Waals surface area contributed by atoms with Crippen LogP contribution < -0.4 is 15.2 Å². The topological polar surface area (TPSA) is 135 Å². The number of sulfonamides is 2. The van der Waals surface area contributed by atoms with Gasteiger partial charge in [-0.3, -0.25) is 9.52 Å². The first-order valence-corrected chi connectivity index (χ1v) is 11.9. The number of nitrogens with one attached hydrogen (secondary N) is 2. The molecule has 8 nitrogen and oxygen atoms in total. The van der Waals surface area contributed by atoms with Crippen molar-refractivity contribution >= 4 is 48.9 Å². The van der Waals surface area contributed by atoms with E-state index in [4.69, 9.17) is 16.7 Å². The monoisotopic (exact) mass is 483 g/mol. The second kappa shape index (κ2) is 8.63. The highest BCUT2D eigenvalue weighted by molar-refractivity contribution is 7.92. The number of anilines is 2. The zero-order valence-corrected chi connectivity index (χ0v) is 17.9. The fourth-order valence-electron chi connectivity index (χ4n) is 2.48. The summed E-state index contributed by atoms with van der Waals surface area (Å²) in [5, 5.41) is 7.27. The van der Waals surface area contributed by atoms with Crippen LogP contribution >= 0.6 is 11.6 Å². The van der Waals surface area contributed by atoms with Crippen molar-refractivity contribution in [3.63, 3.8) is 0 Å². The number of amides is 1. The lowest BCUT2D eigenvalue weighted by Crippen LogP contribution is -2.15. The number of hydrogen-bond donors (Lipinski definition) is 3. The maximum atomic E-state index is 13.2. The minimum absolute atomic E-state index is 0.0930. The number of carbonyl (C=O) groups excluding carboxylic acids is 1. The maximum absolute atomic E-state index is 13.2. The molecule has 31 heavy (non-hydrogen) atoms. The summed E-state index contributed by atoms with van der Waals surface area (Å²) in [6.07, 6.45) is 0. The molecule has 0 fully saturated rings. The third-order valence-corrected chi connectivity index (χ3v) is 6.64. The summed E-state index contributed by atoms with van der Waals surface area (Å²) < 4.78 is 62.9. The molecular formula is C19H15ClFN3O5S2. The average Bonchev–Trinajstić information content (AvgIpc) is 2.70. The number of nitrogens with two attached hydrogens (primary N) is 1. The van der Waals surface area contributed by atoms with Crippen LogP contribution in [-0.4, -0.2) is 22.7 Å². The van der Waals surface area contributed by atoms with Gasteiger partial charge in [-0.2, -0.15) is 0 Å². The average molecular weight is 484 g/mol. The molecule has 0 aliphatic rings. The molecule has 0 saturated heterocycles. The minimum Gasteiger partial charge on any atom is -0.322 e. The molecule has 0 atom stereocenters. The van der Waals surface area contributed by atoms with Gasteiger partial charge in [0.2, 0.25) is 10.0 Å². The Morgan fingerprint density at radius 2 is 1.39 bits per heavy atom. The van der Waals surface area contributed by atoms with Crippen molar-refractivity contribution in [1.82, 2.24) is 0 Å². The second-order valence-electron chi connectivity index (χ2n) is 6.28. The highest BCUT2D eigenvalue weighted by atomic mass is 35.5. The van der Waals surface area contributed by atoms with Gasteiger partial charge in [0.25, 0.3) is 15.9 Å². The van der Waals surface area contributed by atoms with Crippen LogP contribution in [0.5, 0.6) is 0 Å². The summed E-state index contributed by atoms with van der Waals surface area (Å²) in [7, 11) is -7.85. The molecule has 162 valence electrons. The lowest BCUT2D eigenvalue weighted by Gasteiger charge is -2.10. The summed E-state index contributed by atoms with van der Waals surface area (Å²) in [6.45, 7) is 0. The molecule has 1 amide bonds. The van der Waals surface area contributed by atoms with E-state index in [1.807, 2.05) is 0 Å². The molecule has 0 aliphatic heterocycles. The van der Waals surface area contributed by atoms with Gasteiger partial charge in [0.1, 0.15) is 5.82 Å². The second-order valence-corrected chi connectivity index (χ2v) is 9.93. The van der Waals surface area contributed by atoms with Gasteiger partial charge in [-0.1, -0.05) is 11.6 Å². The van der Waals surface area contributed by atoms with E-state index in [1.165, 1.54) is 48.5 Å². The fraction of sp³-hybridized carbons (Fsp3) is 0. The van der Waals surface area contributed by atoms with Crippen molar-refractivity contribution in [3.05, 3.63) is 83.1 Å². The van der Waals surface area contributed by atoms with Crippen LogP contribution in [0.25, 0.3) is 0 Å². The molecule has 3 aromatic rings.